The van der Waals surface area contributed by atoms with Gasteiger partial charge in [0, 0.05) is 32.1 Å². The molecule has 6 N–H and O–H groups in total. The molecule has 10 heteroatoms. The molecule has 1 aromatic rings. The lowest BCUT2D eigenvalue weighted by molar-refractivity contribution is -0.129. The second-order valence-electron chi connectivity index (χ2n) is 7.30. The highest BCUT2D eigenvalue weighted by Crippen LogP contribution is 2.11. The fraction of sp³-hybridized carbons (Fsp3) is 0.364. The molecule has 1 aliphatic heterocycles. The number of phenols is 1. The van der Waals surface area contributed by atoms with E-state index in [4.69, 9.17) is 0 Å². The van der Waals surface area contributed by atoms with Crippen molar-refractivity contribution in [1.82, 2.24) is 26.6 Å². The van der Waals surface area contributed by atoms with E-state index in [-0.39, 0.29) is 18.1 Å². The first-order valence-electron chi connectivity index (χ1n) is 10.3. The van der Waals surface area contributed by atoms with Crippen LogP contribution in [-0.4, -0.2) is 60.6 Å². The summed E-state index contributed by atoms with van der Waals surface area (Å²) in [5, 5.41) is 22.5. The Kier molecular flexibility index (Phi) is 9.27. The van der Waals surface area contributed by atoms with Crippen molar-refractivity contribution in [2.75, 3.05) is 13.6 Å². The van der Waals surface area contributed by atoms with Gasteiger partial charge < -0.3 is 31.7 Å². The number of carbonyl (C=O) groups excluding carboxylic acids is 4. The molecule has 5 amide bonds. The minimum Gasteiger partial charge on any atom is -0.508 e. The maximum Gasteiger partial charge on any atom is 0.315 e. The number of hydrogen-bond acceptors (Lipinski definition) is 5. The van der Waals surface area contributed by atoms with Crippen molar-refractivity contribution >= 4 is 23.8 Å². The maximum absolute atomic E-state index is 13.0. The summed E-state index contributed by atoms with van der Waals surface area (Å²) in [7, 11) is 1.43. The topological polar surface area (TPSA) is 149 Å². The highest BCUT2D eigenvalue weighted by atomic mass is 16.3. The van der Waals surface area contributed by atoms with E-state index in [1.165, 1.54) is 25.3 Å². The lowest BCUT2D eigenvalue weighted by Crippen LogP contribution is -2.55. The minimum absolute atomic E-state index is 0.0865. The molecule has 2 rings (SSSR count). The van der Waals surface area contributed by atoms with Crippen LogP contribution in [0.1, 0.15) is 18.9 Å². The average Bonchev–Trinajstić information content (AvgIpc) is 2.76. The first-order chi connectivity index (χ1) is 15.3. The number of aromatic hydroxyl groups is 1. The number of rotatable bonds is 5. The van der Waals surface area contributed by atoms with E-state index in [1.54, 1.807) is 37.3 Å². The van der Waals surface area contributed by atoms with Gasteiger partial charge in [-0.3, -0.25) is 14.4 Å². The van der Waals surface area contributed by atoms with Crippen molar-refractivity contribution in [3.63, 3.8) is 0 Å². The first kappa shape index (κ1) is 24.4. The summed E-state index contributed by atoms with van der Waals surface area (Å²) < 4.78 is 0. The van der Waals surface area contributed by atoms with Gasteiger partial charge in [0.25, 0.3) is 0 Å². The number of benzene rings is 1. The van der Waals surface area contributed by atoms with Crippen molar-refractivity contribution in [1.29, 1.82) is 0 Å². The normalized spacial score (nSPS) is 20.1. The van der Waals surface area contributed by atoms with Crippen LogP contribution in [0.4, 0.5) is 4.79 Å². The van der Waals surface area contributed by atoms with Crippen LogP contribution in [0, 0.1) is 0 Å². The fourth-order valence-corrected chi connectivity index (χ4v) is 2.93. The third-order valence-electron chi connectivity index (χ3n) is 4.65. The standard InChI is InChI=1S/C22H29N5O5/c1-14-6-11-19(29)24-12-4-3-5-17(20(30)25-14)26-21(31)18(27-22(32)23-2)13-15-7-9-16(28)10-8-15/h3,5-11,14,17-18,28H,4,12-13H2,1-2H3,(H,24,29)(H,25,30)(H,26,31)(H2,23,27,32). The zero-order chi connectivity index (χ0) is 23.5. The second-order valence-corrected chi connectivity index (χ2v) is 7.30. The quantitative estimate of drug-likeness (QED) is 0.350. The zero-order valence-corrected chi connectivity index (χ0v) is 18.1. The van der Waals surface area contributed by atoms with Gasteiger partial charge in [-0.15, -0.1) is 0 Å². The van der Waals surface area contributed by atoms with Gasteiger partial charge >= 0.3 is 6.03 Å². The molecule has 0 aliphatic carbocycles. The number of hydrogen-bond donors (Lipinski definition) is 6. The van der Waals surface area contributed by atoms with Gasteiger partial charge in [-0.25, -0.2) is 4.79 Å². The van der Waals surface area contributed by atoms with Crippen LogP contribution in [-0.2, 0) is 20.8 Å². The molecule has 0 aromatic heterocycles. The van der Waals surface area contributed by atoms with Crippen LogP contribution in [0.15, 0.2) is 48.6 Å². The number of amides is 5. The van der Waals surface area contributed by atoms with Crippen LogP contribution < -0.4 is 26.6 Å². The summed E-state index contributed by atoms with van der Waals surface area (Å²) in [5.74, 6) is -1.16. The second kappa shape index (κ2) is 12.1. The molecule has 1 aromatic carbocycles. The Balaban J connectivity index is 2.16. The number of nitrogens with one attached hydrogen (secondary N) is 5. The first-order valence-corrected chi connectivity index (χ1v) is 10.3. The molecule has 0 saturated heterocycles. The SMILES string of the molecule is CNC(=O)NC(Cc1ccc(O)cc1)C(=O)NC1C=CCCNC(=O)C=CC(C)NC1=O. The van der Waals surface area contributed by atoms with Crippen LogP contribution in [0.2, 0.25) is 0 Å². The smallest absolute Gasteiger partial charge is 0.315 e. The molecule has 32 heavy (non-hydrogen) atoms. The highest BCUT2D eigenvalue weighted by molar-refractivity contribution is 5.93. The molecule has 10 nitrogen and oxygen atoms in total. The van der Waals surface area contributed by atoms with Gasteiger partial charge in [0.1, 0.15) is 17.8 Å². The third-order valence-corrected chi connectivity index (χ3v) is 4.65. The van der Waals surface area contributed by atoms with Crippen LogP contribution in [0.5, 0.6) is 5.75 Å². The Hall–Kier alpha value is -3.82. The van der Waals surface area contributed by atoms with Crippen molar-refractivity contribution in [3.8, 4) is 5.75 Å². The minimum atomic E-state index is -0.970. The molecule has 3 unspecified atom stereocenters. The summed E-state index contributed by atoms with van der Waals surface area (Å²) >= 11 is 0. The Morgan fingerprint density at radius 1 is 1.19 bits per heavy atom. The number of carbonyl (C=O) groups is 4. The van der Waals surface area contributed by atoms with Gasteiger partial charge in [0.05, 0.1) is 0 Å². The lowest BCUT2D eigenvalue weighted by Gasteiger charge is -2.22. The summed E-state index contributed by atoms with van der Waals surface area (Å²) in [6.45, 7) is 2.09. The van der Waals surface area contributed by atoms with E-state index in [0.717, 1.165) is 0 Å². The summed E-state index contributed by atoms with van der Waals surface area (Å²) in [4.78, 5) is 49.2. The molecule has 1 heterocycles. The molecular weight excluding hydrogens is 414 g/mol. The molecule has 0 radical (unpaired) electrons. The van der Waals surface area contributed by atoms with E-state index < -0.39 is 36.0 Å². The monoisotopic (exact) mass is 443 g/mol. The Morgan fingerprint density at radius 2 is 1.91 bits per heavy atom. The van der Waals surface area contributed by atoms with Crippen LogP contribution >= 0.6 is 0 Å². The van der Waals surface area contributed by atoms with E-state index in [0.29, 0.717) is 18.5 Å². The number of phenolic OH excluding ortho intramolecular Hbond substituents is 1. The summed E-state index contributed by atoms with van der Waals surface area (Å²) in [5.41, 5.74) is 0.715. The summed E-state index contributed by atoms with van der Waals surface area (Å²) in [6.07, 6.45) is 6.78. The van der Waals surface area contributed by atoms with E-state index >= 15 is 0 Å². The van der Waals surface area contributed by atoms with Gasteiger partial charge in [0.2, 0.25) is 17.7 Å². The van der Waals surface area contributed by atoms with Gasteiger partial charge in [-0.1, -0.05) is 30.4 Å². The van der Waals surface area contributed by atoms with E-state index in [2.05, 4.69) is 26.6 Å². The predicted octanol–water partition coefficient (Wildman–Crippen LogP) is -0.146. The molecule has 0 spiro atoms. The van der Waals surface area contributed by atoms with Crippen molar-refractivity contribution in [2.24, 2.45) is 0 Å². The number of urea groups is 1. The molecule has 3 atom stereocenters. The Morgan fingerprint density at radius 3 is 2.59 bits per heavy atom. The van der Waals surface area contributed by atoms with Crippen LogP contribution in [0.3, 0.4) is 0 Å². The van der Waals surface area contributed by atoms with E-state index in [1.807, 2.05) is 0 Å². The van der Waals surface area contributed by atoms with Crippen molar-refractivity contribution < 1.29 is 24.3 Å². The Bertz CT molecular complexity index is 881. The van der Waals surface area contributed by atoms with Crippen molar-refractivity contribution in [2.45, 2.75) is 37.9 Å². The molecular formula is C22H29N5O5. The molecule has 1 aliphatic rings. The molecule has 0 bridgehead atoms. The summed E-state index contributed by atoms with van der Waals surface area (Å²) in [6, 6.07) is 3.36. The molecule has 0 fully saturated rings. The third kappa shape index (κ3) is 8.13. The van der Waals surface area contributed by atoms with Gasteiger partial charge in [-0.05, 0) is 31.0 Å². The van der Waals surface area contributed by atoms with Crippen molar-refractivity contribution in [3.05, 3.63) is 54.1 Å². The largest absolute Gasteiger partial charge is 0.508 e. The highest BCUT2D eigenvalue weighted by Gasteiger charge is 2.26. The molecule has 172 valence electrons. The van der Waals surface area contributed by atoms with E-state index in [9.17, 15) is 24.3 Å². The lowest BCUT2D eigenvalue weighted by atomic mass is 10.0. The van der Waals surface area contributed by atoms with Gasteiger partial charge in [-0.2, -0.15) is 0 Å². The van der Waals surface area contributed by atoms with Gasteiger partial charge in [0.15, 0.2) is 0 Å². The maximum atomic E-state index is 13.0. The average molecular weight is 444 g/mol. The fourth-order valence-electron chi connectivity index (χ4n) is 2.93. The van der Waals surface area contributed by atoms with Crippen LogP contribution in [0.25, 0.3) is 0 Å². The zero-order valence-electron chi connectivity index (χ0n) is 18.1. The Labute approximate surface area is 186 Å². The molecule has 0 saturated carbocycles. The predicted molar refractivity (Wildman–Crippen MR) is 119 cm³/mol.